The van der Waals surface area contributed by atoms with Crippen LogP contribution in [0.1, 0.15) is 12.5 Å². The summed E-state index contributed by atoms with van der Waals surface area (Å²) in [6.07, 6.45) is 4.19. The zero-order valence-corrected chi connectivity index (χ0v) is 13.1. The van der Waals surface area contributed by atoms with Crippen molar-refractivity contribution in [1.29, 1.82) is 0 Å². The van der Waals surface area contributed by atoms with Gasteiger partial charge in [-0.15, -0.1) is 0 Å². The summed E-state index contributed by atoms with van der Waals surface area (Å²) in [4.78, 5) is 25.0. The van der Waals surface area contributed by atoms with E-state index in [0.29, 0.717) is 5.56 Å². The molecule has 3 rings (SSSR count). The first-order valence-corrected chi connectivity index (χ1v) is 7.17. The summed E-state index contributed by atoms with van der Waals surface area (Å²) in [6, 6.07) is 2.16. The molecule has 0 aliphatic carbocycles. The third-order valence-electron chi connectivity index (χ3n) is 3.99. The number of aromatic nitrogens is 2. The molecule has 0 radical (unpaired) electrons. The van der Waals surface area contributed by atoms with Crippen molar-refractivity contribution in [2.45, 2.75) is 12.5 Å². The fourth-order valence-electron chi connectivity index (χ4n) is 2.84. The third-order valence-corrected chi connectivity index (χ3v) is 3.99. The van der Waals surface area contributed by atoms with Crippen LogP contribution in [0.3, 0.4) is 0 Å². The molecule has 1 aliphatic rings. The highest BCUT2D eigenvalue weighted by Crippen LogP contribution is 2.35. The summed E-state index contributed by atoms with van der Waals surface area (Å²) in [6.45, 7) is 1.77. The van der Waals surface area contributed by atoms with E-state index in [1.165, 1.54) is 29.7 Å². The van der Waals surface area contributed by atoms with Gasteiger partial charge in [-0.25, -0.2) is 18.7 Å². The van der Waals surface area contributed by atoms with Crippen molar-refractivity contribution >= 4 is 11.7 Å². The zero-order chi connectivity index (χ0) is 17.5. The largest absolute Gasteiger partial charge is 0.379 e. The van der Waals surface area contributed by atoms with E-state index in [2.05, 4.69) is 15.0 Å². The topological polar surface area (TPSA) is 84.5 Å². The fraction of sp³-hybridized carbons (Fsp3) is 0.250. The molecule has 0 bridgehead atoms. The normalized spacial score (nSPS) is 20.9. The van der Waals surface area contributed by atoms with Gasteiger partial charge in [0.15, 0.2) is 5.84 Å². The third kappa shape index (κ3) is 2.60. The molecule has 2 aromatic rings. The van der Waals surface area contributed by atoms with Crippen LogP contribution < -0.4 is 5.73 Å². The van der Waals surface area contributed by atoms with Gasteiger partial charge in [-0.05, 0) is 13.0 Å². The Bertz CT molecular complexity index is 840. The van der Waals surface area contributed by atoms with Crippen molar-refractivity contribution in [3.05, 3.63) is 48.1 Å². The molecule has 0 fully saturated rings. The fourth-order valence-corrected chi connectivity index (χ4v) is 2.84. The number of rotatable bonds is 2. The van der Waals surface area contributed by atoms with E-state index in [1.54, 1.807) is 14.0 Å². The summed E-state index contributed by atoms with van der Waals surface area (Å²) < 4.78 is 28.6. The molecule has 1 atom stereocenters. The first-order valence-electron chi connectivity index (χ1n) is 7.17. The number of hydrogen-bond acceptors (Lipinski definition) is 5. The second-order valence-corrected chi connectivity index (χ2v) is 5.87. The molecule has 24 heavy (non-hydrogen) atoms. The molecule has 2 heterocycles. The molecule has 1 aliphatic heterocycles. The van der Waals surface area contributed by atoms with Gasteiger partial charge in [0.2, 0.25) is 0 Å². The second kappa shape index (κ2) is 5.63. The lowest BCUT2D eigenvalue weighted by atomic mass is 9.88. The highest BCUT2D eigenvalue weighted by atomic mass is 19.1. The lowest BCUT2D eigenvalue weighted by Gasteiger charge is -2.35. The van der Waals surface area contributed by atoms with E-state index in [4.69, 9.17) is 5.73 Å². The van der Waals surface area contributed by atoms with Gasteiger partial charge < -0.3 is 10.6 Å². The van der Waals surface area contributed by atoms with Crippen molar-refractivity contribution in [3.8, 4) is 11.1 Å². The molecule has 0 saturated heterocycles. The summed E-state index contributed by atoms with van der Waals surface area (Å²) >= 11 is 0. The Balaban J connectivity index is 2.17. The number of hydrogen-bond donors (Lipinski definition) is 1. The first kappa shape index (κ1) is 16.0. The number of benzene rings is 1. The van der Waals surface area contributed by atoms with Crippen LogP contribution in [0.2, 0.25) is 0 Å². The maximum Gasteiger partial charge on any atom is 0.288 e. The summed E-state index contributed by atoms with van der Waals surface area (Å²) in [5.74, 6) is -2.12. The molecule has 8 heteroatoms. The van der Waals surface area contributed by atoms with Gasteiger partial charge in [0.05, 0.1) is 6.54 Å². The average Bonchev–Trinajstić information content (AvgIpc) is 2.53. The Morgan fingerprint density at radius 1 is 1.21 bits per heavy atom. The summed E-state index contributed by atoms with van der Waals surface area (Å²) in [5, 5.41) is 0. The van der Waals surface area contributed by atoms with E-state index in [9.17, 15) is 13.6 Å². The highest BCUT2D eigenvalue weighted by molar-refractivity contribution is 6.37. The molecule has 0 saturated carbocycles. The lowest BCUT2D eigenvalue weighted by molar-refractivity contribution is -0.124. The van der Waals surface area contributed by atoms with Gasteiger partial charge in [0, 0.05) is 42.2 Å². The number of carbonyl (C=O) groups is 1. The predicted molar refractivity (Wildman–Crippen MR) is 84.0 cm³/mol. The van der Waals surface area contributed by atoms with Gasteiger partial charge in [-0.1, -0.05) is 0 Å². The minimum absolute atomic E-state index is 0.125. The Morgan fingerprint density at radius 3 is 2.50 bits per heavy atom. The Kier molecular flexibility index (Phi) is 3.75. The number of carbonyl (C=O) groups excluding carboxylic acids is 1. The number of halogens is 2. The zero-order valence-electron chi connectivity index (χ0n) is 13.1. The van der Waals surface area contributed by atoms with Gasteiger partial charge >= 0.3 is 0 Å². The number of aliphatic imine (C=N–C) groups is 1. The number of likely N-dealkylation sites (N-methyl/N-ethyl adjacent to an activating group) is 1. The van der Waals surface area contributed by atoms with Crippen molar-refractivity contribution < 1.29 is 13.6 Å². The molecular weight excluding hydrogens is 316 g/mol. The van der Waals surface area contributed by atoms with E-state index in [1.807, 2.05) is 0 Å². The van der Waals surface area contributed by atoms with Crippen LogP contribution in [-0.2, 0) is 10.3 Å². The van der Waals surface area contributed by atoms with E-state index >= 15 is 0 Å². The van der Waals surface area contributed by atoms with Gasteiger partial charge in [-0.2, -0.15) is 0 Å². The van der Waals surface area contributed by atoms with Crippen LogP contribution in [0.4, 0.5) is 8.78 Å². The minimum atomic E-state index is -1.12. The average molecular weight is 331 g/mol. The number of nitrogens with two attached hydrogens (primary N) is 1. The molecule has 124 valence electrons. The lowest BCUT2D eigenvalue weighted by Crippen LogP contribution is -2.50. The quantitative estimate of drug-likeness (QED) is 0.903. The van der Waals surface area contributed by atoms with Crippen LogP contribution in [0.5, 0.6) is 0 Å². The molecular formula is C16H15F2N5O. The van der Waals surface area contributed by atoms with Crippen molar-refractivity contribution in [2.75, 3.05) is 13.6 Å². The molecule has 1 unspecified atom stereocenters. The van der Waals surface area contributed by atoms with Crippen LogP contribution in [0, 0.1) is 11.6 Å². The van der Waals surface area contributed by atoms with Crippen molar-refractivity contribution in [1.82, 2.24) is 14.9 Å². The Hall–Kier alpha value is -2.90. The molecule has 2 N–H and O–H groups in total. The number of amidine groups is 1. The Labute approximate surface area is 137 Å². The first-order chi connectivity index (χ1) is 11.3. The maximum absolute atomic E-state index is 14.4. The highest BCUT2D eigenvalue weighted by Gasteiger charge is 2.38. The standard InChI is InChI=1S/C16H15F2N5O/c1-16(7-23(2)15(24)14(19)22-16)11-3-10(12(17)4-13(11)18)9-5-20-8-21-6-9/h3-6,8H,7H2,1-2H3,(H2,19,22). The van der Waals surface area contributed by atoms with Crippen molar-refractivity contribution in [2.24, 2.45) is 10.7 Å². The predicted octanol–water partition coefficient (Wildman–Crippen LogP) is 1.47. The number of amides is 1. The smallest absolute Gasteiger partial charge is 0.288 e. The summed E-state index contributed by atoms with van der Waals surface area (Å²) in [7, 11) is 1.55. The SMILES string of the molecule is CN1CC(C)(c2cc(-c3cncnc3)c(F)cc2F)N=C(N)C1=O. The minimum Gasteiger partial charge on any atom is -0.379 e. The van der Waals surface area contributed by atoms with Crippen LogP contribution in [-0.4, -0.2) is 40.2 Å². The monoisotopic (exact) mass is 331 g/mol. The molecule has 1 aromatic heterocycles. The molecule has 0 spiro atoms. The van der Waals surface area contributed by atoms with Gasteiger partial charge in [0.25, 0.3) is 5.91 Å². The number of nitrogens with zero attached hydrogens (tertiary/aromatic N) is 4. The molecule has 6 nitrogen and oxygen atoms in total. The van der Waals surface area contributed by atoms with E-state index in [0.717, 1.165) is 6.07 Å². The van der Waals surface area contributed by atoms with Gasteiger partial charge in [-0.3, -0.25) is 9.79 Å². The Morgan fingerprint density at radius 2 is 1.88 bits per heavy atom. The van der Waals surface area contributed by atoms with E-state index < -0.39 is 23.1 Å². The summed E-state index contributed by atoms with van der Waals surface area (Å²) in [5.41, 5.74) is 5.25. The van der Waals surface area contributed by atoms with Crippen LogP contribution in [0.25, 0.3) is 11.1 Å². The van der Waals surface area contributed by atoms with E-state index in [-0.39, 0.29) is 23.5 Å². The van der Waals surface area contributed by atoms with Crippen molar-refractivity contribution in [3.63, 3.8) is 0 Å². The van der Waals surface area contributed by atoms with Crippen LogP contribution in [0.15, 0.2) is 35.8 Å². The van der Waals surface area contributed by atoms with Crippen LogP contribution >= 0.6 is 0 Å². The maximum atomic E-state index is 14.4. The molecule has 1 amide bonds. The molecule has 1 aromatic carbocycles. The second-order valence-electron chi connectivity index (χ2n) is 5.87. The van der Waals surface area contributed by atoms with Gasteiger partial charge in [0.1, 0.15) is 23.5 Å².